The van der Waals surface area contributed by atoms with E-state index >= 15 is 0 Å². The van der Waals surface area contributed by atoms with Crippen molar-refractivity contribution in [2.24, 2.45) is 0 Å². The van der Waals surface area contributed by atoms with Crippen molar-refractivity contribution in [2.45, 2.75) is 26.3 Å². The van der Waals surface area contributed by atoms with Gasteiger partial charge in [-0.25, -0.2) is 4.98 Å². The maximum absolute atomic E-state index is 13.3. The number of ether oxygens (including phenoxy) is 2. The topological polar surface area (TPSA) is 102 Å². The number of anilines is 1. The summed E-state index contributed by atoms with van der Waals surface area (Å²) < 4.78 is 17.7. The highest BCUT2D eigenvalue weighted by Crippen LogP contribution is 2.44. The lowest BCUT2D eigenvalue weighted by molar-refractivity contribution is -0.132. The zero-order valence-corrected chi connectivity index (χ0v) is 20.6. The molecule has 36 heavy (non-hydrogen) atoms. The predicted molar refractivity (Wildman–Crippen MR) is 137 cm³/mol. The van der Waals surface area contributed by atoms with Gasteiger partial charge in [0.05, 0.1) is 35.3 Å². The normalized spacial score (nSPS) is 17.2. The Bertz CT molecular complexity index is 1460. The Kier molecular flexibility index (Phi) is 6.47. The molecule has 8 nitrogen and oxygen atoms in total. The Morgan fingerprint density at radius 3 is 2.67 bits per heavy atom. The van der Waals surface area contributed by atoms with Crippen LogP contribution >= 0.6 is 11.3 Å². The van der Waals surface area contributed by atoms with Crippen molar-refractivity contribution in [3.63, 3.8) is 0 Å². The van der Waals surface area contributed by atoms with E-state index in [0.717, 1.165) is 11.1 Å². The number of amides is 1. The first-order chi connectivity index (χ1) is 17.5. The number of furan rings is 1. The summed E-state index contributed by atoms with van der Waals surface area (Å²) in [7, 11) is 0. The molecule has 1 atom stereocenters. The van der Waals surface area contributed by atoms with Crippen LogP contribution in [0.15, 0.2) is 70.9 Å². The molecule has 2 aromatic carbocycles. The van der Waals surface area contributed by atoms with E-state index in [4.69, 9.17) is 13.9 Å². The molecule has 0 spiro atoms. The van der Waals surface area contributed by atoms with Gasteiger partial charge in [0.1, 0.15) is 29.1 Å². The first-order valence-corrected chi connectivity index (χ1v) is 12.4. The van der Waals surface area contributed by atoms with Crippen LogP contribution < -0.4 is 14.4 Å². The van der Waals surface area contributed by atoms with E-state index in [1.807, 2.05) is 19.9 Å². The van der Waals surface area contributed by atoms with Gasteiger partial charge in [-0.1, -0.05) is 30.4 Å². The Morgan fingerprint density at radius 1 is 1.08 bits per heavy atom. The summed E-state index contributed by atoms with van der Waals surface area (Å²) in [6.45, 7) is 4.93. The van der Waals surface area contributed by atoms with E-state index < -0.39 is 17.7 Å². The second-order valence-corrected chi connectivity index (χ2v) is 9.13. The maximum Gasteiger partial charge on any atom is 0.302 e. The molecule has 1 aliphatic heterocycles. The van der Waals surface area contributed by atoms with Crippen LogP contribution in [0.5, 0.6) is 11.5 Å². The number of nitrogens with zero attached hydrogens (tertiary/aromatic N) is 2. The average Bonchev–Trinajstić information content (AvgIpc) is 3.61. The fraction of sp³-hybridized carbons (Fsp3) is 0.222. The number of Topliss-reactive ketones (excluding diaryl/α,β-unsaturated/α-hetero) is 1. The first-order valence-electron chi connectivity index (χ1n) is 11.6. The van der Waals surface area contributed by atoms with Crippen molar-refractivity contribution >= 4 is 44.1 Å². The second-order valence-electron chi connectivity index (χ2n) is 8.12. The van der Waals surface area contributed by atoms with Gasteiger partial charge in [0.25, 0.3) is 5.78 Å². The van der Waals surface area contributed by atoms with Gasteiger partial charge >= 0.3 is 5.91 Å². The molecule has 4 aromatic rings. The fourth-order valence-electron chi connectivity index (χ4n) is 4.11. The summed E-state index contributed by atoms with van der Waals surface area (Å²) >= 11 is 1.26. The summed E-state index contributed by atoms with van der Waals surface area (Å²) in [6, 6.07) is 14.6. The number of aromatic nitrogens is 1. The van der Waals surface area contributed by atoms with Gasteiger partial charge in [0.15, 0.2) is 5.13 Å². The third-order valence-electron chi connectivity index (χ3n) is 5.70. The van der Waals surface area contributed by atoms with Gasteiger partial charge in [0, 0.05) is 5.56 Å². The number of aliphatic hydroxyl groups is 1. The van der Waals surface area contributed by atoms with Crippen LogP contribution in [0.1, 0.15) is 37.6 Å². The van der Waals surface area contributed by atoms with E-state index in [9.17, 15) is 14.7 Å². The smallest absolute Gasteiger partial charge is 0.302 e. The molecule has 5 rings (SSSR count). The molecule has 0 saturated carbocycles. The zero-order valence-electron chi connectivity index (χ0n) is 19.8. The van der Waals surface area contributed by atoms with E-state index in [2.05, 4.69) is 4.98 Å². The molecule has 1 aliphatic rings. The highest BCUT2D eigenvalue weighted by Gasteiger charge is 2.49. The molecule has 1 fully saturated rings. The van der Waals surface area contributed by atoms with Gasteiger partial charge in [-0.3, -0.25) is 14.5 Å². The second kappa shape index (κ2) is 9.87. The molecule has 0 aliphatic carbocycles. The number of ketones is 1. The zero-order chi connectivity index (χ0) is 25.2. The minimum absolute atomic E-state index is 0.0724. The standard InChI is InChI=1S/C27H24N2O6S/c1-3-12-34-17-8-5-7-16(14-17)24(30)22-23(20-9-6-13-35-20)29(26(32)25(22)31)27-28-19-11-10-18(33-4-2)15-21(19)36-27/h5-11,13-15,23,30H,3-4,12H2,1-2H3/b24-22+. The minimum Gasteiger partial charge on any atom is -0.507 e. The molecular formula is C27H24N2O6S. The van der Waals surface area contributed by atoms with E-state index in [1.165, 1.54) is 22.5 Å². The average molecular weight is 505 g/mol. The van der Waals surface area contributed by atoms with Crippen LogP contribution in [0.25, 0.3) is 16.0 Å². The fourth-order valence-corrected chi connectivity index (χ4v) is 5.13. The number of aliphatic hydroxyl groups excluding tert-OH is 1. The molecule has 0 radical (unpaired) electrons. The summed E-state index contributed by atoms with van der Waals surface area (Å²) in [5.74, 6) is -0.332. The predicted octanol–water partition coefficient (Wildman–Crippen LogP) is 5.70. The quantitative estimate of drug-likeness (QED) is 0.186. The van der Waals surface area contributed by atoms with Gasteiger partial charge < -0.3 is 19.0 Å². The van der Waals surface area contributed by atoms with Gasteiger partial charge in [-0.05, 0) is 55.8 Å². The molecule has 0 bridgehead atoms. The van der Waals surface area contributed by atoms with Crippen molar-refractivity contribution in [1.29, 1.82) is 0 Å². The SMILES string of the molecule is CCCOc1cccc(/C(O)=C2\C(=O)C(=O)N(c3nc4ccc(OCC)cc4s3)C2c2ccco2)c1. The van der Waals surface area contributed by atoms with Gasteiger partial charge in [0.2, 0.25) is 0 Å². The highest BCUT2D eigenvalue weighted by atomic mass is 32.1. The third kappa shape index (κ3) is 4.22. The molecule has 1 unspecified atom stereocenters. The lowest BCUT2D eigenvalue weighted by atomic mass is 9.99. The molecule has 1 saturated heterocycles. The number of rotatable bonds is 8. The third-order valence-corrected chi connectivity index (χ3v) is 6.72. The molecule has 3 heterocycles. The Morgan fingerprint density at radius 2 is 1.92 bits per heavy atom. The number of fused-ring (bicyclic) bond motifs is 1. The van der Waals surface area contributed by atoms with Crippen LogP contribution in [0.4, 0.5) is 5.13 Å². The van der Waals surface area contributed by atoms with Crippen molar-refractivity contribution in [1.82, 2.24) is 4.98 Å². The van der Waals surface area contributed by atoms with E-state index in [1.54, 1.807) is 48.5 Å². The van der Waals surface area contributed by atoms with Crippen LogP contribution in [0, 0.1) is 0 Å². The largest absolute Gasteiger partial charge is 0.507 e. The number of carbonyl (C=O) groups is 2. The summed E-state index contributed by atoms with van der Waals surface area (Å²) in [4.78, 5) is 32.5. The van der Waals surface area contributed by atoms with E-state index in [-0.39, 0.29) is 11.3 Å². The van der Waals surface area contributed by atoms with Gasteiger partial charge in [-0.2, -0.15) is 0 Å². The van der Waals surface area contributed by atoms with Gasteiger partial charge in [-0.15, -0.1) is 0 Å². The number of hydrogen-bond acceptors (Lipinski definition) is 8. The number of benzene rings is 2. The lowest BCUT2D eigenvalue weighted by Crippen LogP contribution is -2.29. The summed E-state index contributed by atoms with van der Waals surface area (Å²) in [5, 5.41) is 11.6. The van der Waals surface area contributed by atoms with Crippen molar-refractivity contribution in [3.8, 4) is 11.5 Å². The molecule has 1 amide bonds. The lowest BCUT2D eigenvalue weighted by Gasteiger charge is -2.20. The number of carbonyl (C=O) groups excluding carboxylic acids is 2. The molecule has 2 aromatic heterocycles. The summed E-state index contributed by atoms with van der Waals surface area (Å²) in [5.41, 5.74) is 0.958. The van der Waals surface area contributed by atoms with Crippen LogP contribution in [-0.4, -0.2) is 35.0 Å². The van der Waals surface area contributed by atoms with Crippen LogP contribution in [-0.2, 0) is 9.59 Å². The van der Waals surface area contributed by atoms with Crippen molar-refractivity contribution < 1.29 is 28.6 Å². The van der Waals surface area contributed by atoms with Crippen molar-refractivity contribution in [2.75, 3.05) is 18.1 Å². The van der Waals surface area contributed by atoms with Crippen LogP contribution in [0.2, 0.25) is 0 Å². The van der Waals surface area contributed by atoms with E-state index in [0.29, 0.717) is 46.7 Å². The molecule has 184 valence electrons. The Hall–Kier alpha value is -4.11. The Labute approximate surface area is 211 Å². The molecular weight excluding hydrogens is 480 g/mol. The molecule has 9 heteroatoms. The summed E-state index contributed by atoms with van der Waals surface area (Å²) in [6.07, 6.45) is 2.29. The Balaban J connectivity index is 1.62. The van der Waals surface area contributed by atoms with Crippen LogP contribution in [0.3, 0.4) is 0 Å². The minimum atomic E-state index is -0.979. The van der Waals surface area contributed by atoms with Crippen molar-refractivity contribution in [3.05, 3.63) is 77.8 Å². The first kappa shape index (κ1) is 23.6. The number of thiazole rings is 1. The maximum atomic E-state index is 13.3. The number of hydrogen-bond donors (Lipinski definition) is 1. The highest BCUT2D eigenvalue weighted by molar-refractivity contribution is 7.22. The molecule has 1 N–H and O–H groups in total. The monoisotopic (exact) mass is 504 g/mol.